The fourth-order valence-electron chi connectivity index (χ4n) is 3.11. The number of piperidine rings is 1. The lowest BCUT2D eigenvalue weighted by Crippen LogP contribution is -2.42. The molecule has 0 unspecified atom stereocenters. The van der Waals surface area contributed by atoms with E-state index >= 15 is 0 Å². The van der Waals surface area contributed by atoms with Crippen molar-refractivity contribution in [1.82, 2.24) is 25.3 Å². The van der Waals surface area contributed by atoms with Gasteiger partial charge in [0.15, 0.2) is 5.96 Å². The van der Waals surface area contributed by atoms with E-state index in [-0.39, 0.29) is 0 Å². The van der Waals surface area contributed by atoms with Gasteiger partial charge in [0, 0.05) is 39.1 Å². The molecule has 2 aromatic rings. The summed E-state index contributed by atoms with van der Waals surface area (Å²) in [6, 6.07) is 10.3. The van der Waals surface area contributed by atoms with Crippen LogP contribution in [0.25, 0.3) is 5.69 Å². The lowest BCUT2D eigenvalue weighted by atomic mass is 10.1. The van der Waals surface area contributed by atoms with E-state index in [2.05, 4.69) is 49.9 Å². The Bertz CT molecular complexity index is 641. The second kappa shape index (κ2) is 9.22. The molecule has 0 atom stereocenters. The van der Waals surface area contributed by atoms with Crippen LogP contribution < -0.4 is 10.6 Å². The first-order valence-electron chi connectivity index (χ1n) is 9.11. The van der Waals surface area contributed by atoms with Crippen LogP contribution in [-0.4, -0.2) is 53.9 Å². The zero-order chi connectivity index (χ0) is 17.3. The number of nitrogens with one attached hydrogen (secondary N) is 2. The van der Waals surface area contributed by atoms with Crippen LogP contribution >= 0.6 is 0 Å². The molecule has 0 spiro atoms. The van der Waals surface area contributed by atoms with Gasteiger partial charge in [-0.25, -0.2) is 4.68 Å². The van der Waals surface area contributed by atoms with E-state index < -0.39 is 0 Å². The van der Waals surface area contributed by atoms with Crippen LogP contribution in [0.3, 0.4) is 0 Å². The summed E-state index contributed by atoms with van der Waals surface area (Å²) in [6.45, 7) is 5.23. The average molecular weight is 340 g/mol. The van der Waals surface area contributed by atoms with Crippen LogP contribution in [0.15, 0.2) is 47.7 Å². The van der Waals surface area contributed by atoms with Crippen molar-refractivity contribution >= 4 is 5.96 Å². The summed E-state index contributed by atoms with van der Waals surface area (Å²) >= 11 is 0. The molecule has 1 aromatic heterocycles. The normalized spacial score (nSPS) is 16.0. The Balaban J connectivity index is 1.41. The molecule has 1 aromatic carbocycles. The first kappa shape index (κ1) is 17.5. The van der Waals surface area contributed by atoms with Crippen molar-refractivity contribution in [2.24, 2.45) is 4.99 Å². The molecule has 3 rings (SSSR count). The van der Waals surface area contributed by atoms with Crippen molar-refractivity contribution in [3.05, 3.63) is 48.3 Å². The third-order valence-corrected chi connectivity index (χ3v) is 4.56. The third-order valence-electron chi connectivity index (χ3n) is 4.56. The Kier molecular flexibility index (Phi) is 6.45. The Morgan fingerprint density at radius 3 is 2.60 bits per heavy atom. The fourth-order valence-corrected chi connectivity index (χ4v) is 3.11. The molecule has 0 radical (unpaired) electrons. The van der Waals surface area contributed by atoms with Gasteiger partial charge in [0.1, 0.15) is 0 Å². The van der Waals surface area contributed by atoms with Crippen molar-refractivity contribution in [3.8, 4) is 5.69 Å². The highest BCUT2D eigenvalue weighted by molar-refractivity contribution is 5.79. The number of hydrogen-bond acceptors (Lipinski definition) is 3. The monoisotopic (exact) mass is 340 g/mol. The number of guanidine groups is 1. The fraction of sp³-hybridized carbons (Fsp3) is 0.474. The molecule has 0 aliphatic carbocycles. The Morgan fingerprint density at radius 2 is 1.92 bits per heavy atom. The summed E-state index contributed by atoms with van der Waals surface area (Å²) in [5.41, 5.74) is 2.28. The van der Waals surface area contributed by atoms with E-state index in [4.69, 9.17) is 0 Å². The minimum absolute atomic E-state index is 0.753. The number of nitrogens with zero attached hydrogens (tertiary/aromatic N) is 4. The largest absolute Gasteiger partial charge is 0.355 e. The highest BCUT2D eigenvalue weighted by atomic mass is 15.3. The molecule has 25 heavy (non-hydrogen) atoms. The van der Waals surface area contributed by atoms with Gasteiger partial charge in [-0.2, -0.15) is 5.10 Å². The Hall–Kier alpha value is -2.34. The van der Waals surface area contributed by atoms with Crippen LogP contribution in [-0.2, 0) is 6.54 Å². The maximum Gasteiger partial charge on any atom is 0.191 e. The van der Waals surface area contributed by atoms with Crippen LogP contribution in [0.1, 0.15) is 24.8 Å². The van der Waals surface area contributed by atoms with Crippen molar-refractivity contribution < 1.29 is 0 Å². The van der Waals surface area contributed by atoms with Crippen LogP contribution in [0.5, 0.6) is 0 Å². The predicted molar refractivity (Wildman–Crippen MR) is 102 cm³/mol. The molecule has 6 heteroatoms. The minimum atomic E-state index is 0.753. The predicted octanol–water partition coefficient (Wildman–Crippen LogP) is 2.02. The van der Waals surface area contributed by atoms with Crippen molar-refractivity contribution in [3.63, 3.8) is 0 Å². The zero-order valence-corrected chi connectivity index (χ0v) is 15.0. The molecule has 1 fully saturated rings. The van der Waals surface area contributed by atoms with Gasteiger partial charge in [-0.1, -0.05) is 18.6 Å². The first-order chi connectivity index (χ1) is 12.3. The zero-order valence-electron chi connectivity index (χ0n) is 15.0. The van der Waals surface area contributed by atoms with Gasteiger partial charge in [0.2, 0.25) is 0 Å². The third kappa shape index (κ3) is 5.32. The molecule has 1 saturated heterocycles. The van der Waals surface area contributed by atoms with Crippen molar-refractivity contribution in [2.45, 2.75) is 25.8 Å². The van der Waals surface area contributed by atoms with Crippen LogP contribution in [0.2, 0.25) is 0 Å². The van der Waals surface area contributed by atoms with Gasteiger partial charge < -0.3 is 15.5 Å². The number of hydrogen-bond donors (Lipinski definition) is 2. The lowest BCUT2D eigenvalue weighted by Gasteiger charge is -2.26. The van der Waals surface area contributed by atoms with E-state index in [0.29, 0.717) is 0 Å². The Labute approximate surface area is 149 Å². The highest BCUT2D eigenvalue weighted by Gasteiger charge is 2.09. The van der Waals surface area contributed by atoms with E-state index in [0.717, 1.165) is 31.3 Å². The number of aliphatic imine (C=N–C) groups is 1. The number of likely N-dealkylation sites (tertiary alicyclic amines) is 1. The van der Waals surface area contributed by atoms with E-state index in [1.165, 1.54) is 37.9 Å². The molecule has 6 nitrogen and oxygen atoms in total. The van der Waals surface area contributed by atoms with Gasteiger partial charge in [-0.05, 0) is 49.7 Å². The first-order valence-corrected chi connectivity index (χ1v) is 9.11. The van der Waals surface area contributed by atoms with Crippen LogP contribution in [0, 0.1) is 0 Å². The van der Waals surface area contributed by atoms with Gasteiger partial charge in [0.25, 0.3) is 0 Å². The molecule has 0 saturated carbocycles. The summed E-state index contributed by atoms with van der Waals surface area (Å²) in [7, 11) is 1.82. The van der Waals surface area contributed by atoms with Gasteiger partial charge >= 0.3 is 0 Å². The summed E-state index contributed by atoms with van der Waals surface area (Å²) < 4.78 is 1.86. The molecular weight excluding hydrogens is 312 g/mol. The SMILES string of the molecule is CN=C(NCCN1CCCCC1)NCc1ccc(-n2cccn2)cc1. The standard InChI is InChI=1S/C19H28N6/c1-20-19(21-11-15-24-12-3-2-4-13-24)22-16-17-6-8-18(9-7-17)25-14-5-10-23-25/h5-10,14H,2-4,11-13,15-16H2,1H3,(H2,20,21,22). The van der Waals surface area contributed by atoms with E-state index in [1.807, 2.05) is 24.0 Å². The molecule has 134 valence electrons. The molecule has 0 bridgehead atoms. The quantitative estimate of drug-likeness (QED) is 0.624. The second-order valence-electron chi connectivity index (χ2n) is 6.37. The molecule has 2 heterocycles. The molecule has 1 aliphatic heterocycles. The summed E-state index contributed by atoms with van der Waals surface area (Å²) in [5.74, 6) is 0.855. The summed E-state index contributed by atoms with van der Waals surface area (Å²) in [6.07, 6.45) is 7.78. The average Bonchev–Trinajstić information content (AvgIpc) is 3.20. The number of benzene rings is 1. The molecule has 2 N–H and O–H groups in total. The second-order valence-corrected chi connectivity index (χ2v) is 6.37. The maximum absolute atomic E-state index is 4.31. The Morgan fingerprint density at radius 1 is 1.12 bits per heavy atom. The summed E-state index contributed by atoms with van der Waals surface area (Å²) in [4.78, 5) is 6.83. The van der Waals surface area contributed by atoms with Gasteiger partial charge in [-0.3, -0.25) is 4.99 Å². The van der Waals surface area contributed by atoms with E-state index in [1.54, 1.807) is 6.20 Å². The molecule has 1 aliphatic rings. The smallest absolute Gasteiger partial charge is 0.191 e. The lowest BCUT2D eigenvalue weighted by molar-refractivity contribution is 0.232. The van der Waals surface area contributed by atoms with Crippen molar-refractivity contribution in [2.75, 3.05) is 33.2 Å². The summed E-state index contributed by atoms with van der Waals surface area (Å²) in [5, 5.41) is 11.0. The van der Waals surface area contributed by atoms with E-state index in [9.17, 15) is 0 Å². The molecular formula is C19H28N6. The van der Waals surface area contributed by atoms with Crippen molar-refractivity contribution in [1.29, 1.82) is 0 Å². The van der Waals surface area contributed by atoms with Gasteiger partial charge in [-0.15, -0.1) is 0 Å². The van der Waals surface area contributed by atoms with Gasteiger partial charge in [0.05, 0.1) is 5.69 Å². The topological polar surface area (TPSA) is 57.5 Å². The number of aromatic nitrogens is 2. The number of rotatable bonds is 6. The van der Waals surface area contributed by atoms with Crippen LogP contribution in [0.4, 0.5) is 0 Å². The maximum atomic E-state index is 4.31. The highest BCUT2D eigenvalue weighted by Crippen LogP contribution is 2.09. The minimum Gasteiger partial charge on any atom is -0.355 e. The molecule has 0 amide bonds.